The Kier molecular flexibility index (Phi) is 3.69. The van der Waals surface area contributed by atoms with Gasteiger partial charge < -0.3 is 16.6 Å². The van der Waals surface area contributed by atoms with Crippen molar-refractivity contribution in [3.8, 4) is 0 Å². The number of amidine groups is 1. The van der Waals surface area contributed by atoms with Crippen molar-refractivity contribution in [3.05, 3.63) is 0 Å². The number of unbranched alkanes of at least 4 members (excludes halogenated alkanes) is 1. The SMILES string of the molecule is CCCCC(N)(C(=N)N)C(=O)O. The fraction of sp³-hybridized carbons (Fsp3) is 0.714. The molecule has 0 bridgehead atoms. The van der Waals surface area contributed by atoms with Crippen LogP contribution in [0.2, 0.25) is 0 Å². The van der Waals surface area contributed by atoms with E-state index in [0.717, 1.165) is 6.42 Å². The minimum Gasteiger partial charge on any atom is -0.480 e. The number of rotatable bonds is 5. The first-order valence-corrected chi connectivity index (χ1v) is 3.82. The third-order valence-electron chi connectivity index (χ3n) is 1.79. The Hall–Kier alpha value is -1.10. The van der Waals surface area contributed by atoms with Crippen LogP contribution in [0.15, 0.2) is 0 Å². The molecule has 12 heavy (non-hydrogen) atoms. The summed E-state index contributed by atoms with van der Waals surface area (Å²) in [6.07, 6.45) is 1.70. The maximum absolute atomic E-state index is 10.6. The highest BCUT2D eigenvalue weighted by molar-refractivity contribution is 6.06. The summed E-state index contributed by atoms with van der Waals surface area (Å²) >= 11 is 0. The average Bonchev–Trinajstić information content (AvgIpc) is 1.99. The van der Waals surface area contributed by atoms with Crippen LogP contribution in [0.25, 0.3) is 0 Å². The van der Waals surface area contributed by atoms with Crippen molar-refractivity contribution in [2.45, 2.75) is 31.7 Å². The smallest absolute Gasteiger partial charge is 0.331 e. The Morgan fingerprint density at radius 1 is 1.67 bits per heavy atom. The molecule has 0 aliphatic rings. The highest BCUT2D eigenvalue weighted by Gasteiger charge is 2.36. The highest BCUT2D eigenvalue weighted by Crippen LogP contribution is 2.11. The fourth-order valence-electron chi connectivity index (χ4n) is 0.812. The Bertz CT molecular complexity index is 177. The van der Waals surface area contributed by atoms with Crippen molar-refractivity contribution in [2.24, 2.45) is 11.5 Å². The number of carboxylic acid groups (broad SMARTS) is 1. The number of hydrogen-bond donors (Lipinski definition) is 4. The molecule has 1 atom stereocenters. The molecule has 0 aromatic rings. The third kappa shape index (κ3) is 2.20. The van der Waals surface area contributed by atoms with Crippen molar-refractivity contribution in [2.75, 3.05) is 0 Å². The molecule has 0 aliphatic heterocycles. The van der Waals surface area contributed by atoms with Gasteiger partial charge in [-0.3, -0.25) is 5.41 Å². The minimum atomic E-state index is -1.67. The van der Waals surface area contributed by atoms with Gasteiger partial charge in [-0.25, -0.2) is 4.79 Å². The molecular weight excluding hydrogens is 158 g/mol. The summed E-state index contributed by atoms with van der Waals surface area (Å²) in [6.45, 7) is 1.92. The Labute approximate surface area is 71.2 Å². The van der Waals surface area contributed by atoms with Crippen molar-refractivity contribution in [3.63, 3.8) is 0 Å². The topological polar surface area (TPSA) is 113 Å². The molecule has 5 heteroatoms. The number of carboxylic acids is 1. The van der Waals surface area contributed by atoms with E-state index in [2.05, 4.69) is 0 Å². The van der Waals surface area contributed by atoms with Gasteiger partial charge in [-0.15, -0.1) is 0 Å². The second-order valence-electron chi connectivity index (χ2n) is 2.79. The number of nitrogens with one attached hydrogen (secondary N) is 1. The lowest BCUT2D eigenvalue weighted by atomic mass is 9.93. The van der Waals surface area contributed by atoms with Gasteiger partial charge in [-0.05, 0) is 6.42 Å². The van der Waals surface area contributed by atoms with Crippen LogP contribution in [-0.4, -0.2) is 22.5 Å². The fourth-order valence-corrected chi connectivity index (χ4v) is 0.812. The lowest BCUT2D eigenvalue weighted by Crippen LogP contribution is -2.57. The summed E-state index contributed by atoms with van der Waals surface area (Å²) < 4.78 is 0. The van der Waals surface area contributed by atoms with Gasteiger partial charge in [0.15, 0.2) is 5.54 Å². The zero-order chi connectivity index (χ0) is 9.78. The molecule has 0 rings (SSSR count). The monoisotopic (exact) mass is 173 g/mol. The van der Waals surface area contributed by atoms with Crippen LogP contribution in [0.5, 0.6) is 0 Å². The van der Waals surface area contributed by atoms with Crippen molar-refractivity contribution < 1.29 is 9.90 Å². The van der Waals surface area contributed by atoms with Gasteiger partial charge in [0.1, 0.15) is 5.84 Å². The van der Waals surface area contributed by atoms with Gasteiger partial charge in [0.2, 0.25) is 0 Å². The van der Waals surface area contributed by atoms with Crippen LogP contribution in [0.1, 0.15) is 26.2 Å². The highest BCUT2D eigenvalue weighted by atomic mass is 16.4. The first-order chi connectivity index (χ1) is 5.45. The van der Waals surface area contributed by atoms with E-state index in [1.165, 1.54) is 0 Å². The average molecular weight is 173 g/mol. The first-order valence-electron chi connectivity index (χ1n) is 3.82. The van der Waals surface area contributed by atoms with E-state index in [0.29, 0.717) is 6.42 Å². The van der Waals surface area contributed by atoms with Crippen LogP contribution in [-0.2, 0) is 4.79 Å². The zero-order valence-corrected chi connectivity index (χ0v) is 7.13. The molecule has 0 amide bonds. The van der Waals surface area contributed by atoms with Crippen LogP contribution >= 0.6 is 0 Å². The number of carbonyl (C=O) groups is 1. The van der Waals surface area contributed by atoms with Crippen molar-refractivity contribution >= 4 is 11.8 Å². The van der Waals surface area contributed by atoms with Crippen LogP contribution < -0.4 is 11.5 Å². The normalized spacial score (nSPS) is 15.2. The van der Waals surface area contributed by atoms with E-state index in [1.807, 2.05) is 6.92 Å². The zero-order valence-electron chi connectivity index (χ0n) is 7.13. The molecular formula is C7H15N3O2. The Balaban J connectivity index is 4.40. The summed E-state index contributed by atoms with van der Waals surface area (Å²) in [7, 11) is 0. The van der Waals surface area contributed by atoms with Gasteiger partial charge in [-0.2, -0.15) is 0 Å². The van der Waals surface area contributed by atoms with E-state index >= 15 is 0 Å². The lowest BCUT2D eigenvalue weighted by Gasteiger charge is -2.22. The molecule has 6 N–H and O–H groups in total. The lowest BCUT2D eigenvalue weighted by molar-refractivity contribution is -0.140. The summed E-state index contributed by atoms with van der Waals surface area (Å²) in [5.74, 6) is -1.72. The van der Waals surface area contributed by atoms with E-state index in [4.69, 9.17) is 22.0 Å². The molecule has 0 aromatic heterocycles. The minimum absolute atomic E-state index is 0.216. The standard InChI is InChI=1S/C7H15N3O2/c1-2-3-4-7(10,5(8)9)6(11)12/h2-4,10H2,1H3,(H3,8,9)(H,11,12). The Morgan fingerprint density at radius 2 is 2.17 bits per heavy atom. The largest absolute Gasteiger partial charge is 0.480 e. The van der Waals surface area contributed by atoms with Crippen LogP contribution in [0, 0.1) is 5.41 Å². The van der Waals surface area contributed by atoms with E-state index < -0.39 is 17.3 Å². The summed E-state index contributed by atoms with van der Waals surface area (Å²) in [6, 6.07) is 0. The summed E-state index contributed by atoms with van der Waals surface area (Å²) in [5, 5.41) is 15.7. The number of aliphatic carboxylic acids is 1. The van der Waals surface area contributed by atoms with Crippen LogP contribution in [0.4, 0.5) is 0 Å². The molecule has 1 unspecified atom stereocenters. The molecule has 0 fully saturated rings. The van der Waals surface area contributed by atoms with E-state index in [-0.39, 0.29) is 6.42 Å². The molecule has 0 heterocycles. The molecule has 0 saturated carbocycles. The van der Waals surface area contributed by atoms with Crippen LogP contribution in [0.3, 0.4) is 0 Å². The van der Waals surface area contributed by atoms with Gasteiger partial charge in [0.05, 0.1) is 0 Å². The second-order valence-corrected chi connectivity index (χ2v) is 2.79. The second kappa shape index (κ2) is 4.06. The molecule has 70 valence electrons. The van der Waals surface area contributed by atoms with Gasteiger partial charge in [0.25, 0.3) is 0 Å². The molecule has 0 aromatic carbocycles. The number of nitrogens with two attached hydrogens (primary N) is 2. The quantitative estimate of drug-likeness (QED) is 0.343. The van der Waals surface area contributed by atoms with E-state index in [9.17, 15) is 4.79 Å². The maximum Gasteiger partial charge on any atom is 0.331 e. The Morgan fingerprint density at radius 3 is 2.42 bits per heavy atom. The van der Waals surface area contributed by atoms with Gasteiger partial charge >= 0.3 is 5.97 Å². The summed E-state index contributed by atoms with van der Waals surface area (Å²) in [4.78, 5) is 10.6. The molecule has 5 nitrogen and oxygen atoms in total. The van der Waals surface area contributed by atoms with E-state index in [1.54, 1.807) is 0 Å². The van der Waals surface area contributed by atoms with Gasteiger partial charge in [0, 0.05) is 0 Å². The molecule has 0 aliphatic carbocycles. The van der Waals surface area contributed by atoms with Crippen molar-refractivity contribution in [1.29, 1.82) is 5.41 Å². The van der Waals surface area contributed by atoms with Crippen molar-refractivity contribution in [1.82, 2.24) is 0 Å². The summed E-state index contributed by atoms with van der Waals surface area (Å²) in [5.41, 5.74) is 8.84. The molecule has 0 radical (unpaired) electrons. The maximum atomic E-state index is 10.6. The first kappa shape index (κ1) is 10.9. The predicted molar refractivity (Wildman–Crippen MR) is 46.0 cm³/mol. The molecule has 0 saturated heterocycles. The molecule has 0 spiro atoms. The predicted octanol–water partition coefficient (Wildman–Crippen LogP) is -0.105. The van der Waals surface area contributed by atoms with Gasteiger partial charge in [-0.1, -0.05) is 19.8 Å². The number of hydrogen-bond acceptors (Lipinski definition) is 3. The third-order valence-corrected chi connectivity index (χ3v) is 1.79.